The van der Waals surface area contributed by atoms with E-state index >= 15 is 0 Å². The first-order valence-corrected chi connectivity index (χ1v) is 11.9. The van der Waals surface area contributed by atoms with Crippen LogP contribution in [0, 0.1) is 20.8 Å². The molecule has 35 heavy (non-hydrogen) atoms. The minimum Gasteiger partial charge on any atom is -0.454 e. The van der Waals surface area contributed by atoms with E-state index < -0.39 is 5.97 Å². The van der Waals surface area contributed by atoms with E-state index in [0.717, 1.165) is 51.1 Å². The lowest BCUT2D eigenvalue weighted by molar-refractivity contribution is 0.0475. The van der Waals surface area contributed by atoms with Crippen molar-refractivity contribution in [2.75, 3.05) is 6.61 Å². The Kier molecular flexibility index (Phi) is 5.85. The molecule has 0 N–H and O–H groups in total. The summed E-state index contributed by atoms with van der Waals surface area (Å²) in [7, 11) is 1.92. The second-order valence-electron chi connectivity index (χ2n) is 9.25. The summed E-state index contributed by atoms with van der Waals surface area (Å²) in [6, 6.07) is 17.8. The molecule has 0 bridgehead atoms. The van der Waals surface area contributed by atoms with Crippen LogP contribution in [0.15, 0.2) is 54.6 Å². The van der Waals surface area contributed by atoms with Gasteiger partial charge in [0.05, 0.1) is 16.8 Å². The van der Waals surface area contributed by atoms with Crippen molar-refractivity contribution in [2.24, 2.45) is 7.05 Å². The molecule has 2 aromatic carbocycles. The lowest BCUT2D eigenvalue weighted by Crippen LogP contribution is -2.17. The third-order valence-corrected chi connectivity index (χ3v) is 6.97. The highest BCUT2D eigenvalue weighted by atomic mass is 16.5. The molecule has 0 saturated heterocycles. The van der Waals surface area contributed by atoms with Crippen molar-refractivity contribution in [3.8, 4) is 0 Å². The number of benzene rings is 2. The largest absolute Gasteiger partial charge is 0.454 e. The number of fused-ring (bicyclic) bond motifs is 2. The highest BCUT2D eigenvalue weighted by molar-refractivity contribution is 6.08. The van der Waals surface area contributed by atoms with Crippen molar-refractivity contribution in [2.45, 2.75) is 33.6 Å². The van der Waals surface area contributed by atoms with Crippen LogP contribution in [-0.4, -0.2) is 27.9 Å². The molecule has 4 aromatic rings. The number of carbonyl (C=O) groups is 2. The predicted octanol–water partition coefficient (Wildman–Crippen LogP) is 6.03. The number of hydrogen-bond acceptors (Lipinski definition) is 4. The molecule has 2 heterocycles. The van der Waals surface area contributed by atoms with Gasteiger partial charge in [0.15, 0.2) is 6.61 Å². The quantitative estimate of drug-likeness (QED) is 0.267. The number of pyridine rings is 1. The number of carbonyl (C=O) groups excluding carboxylic acids is 2. The van der Waals surface area contributed by atoms with Gasteiger partial charge in [-0.05, 0) is 68.5 Å². The number of ether oxygens (including phenoxy) is 1. The molecule has 5 rings (SSSR count). The zero-order chi connectivity index (χ0) is 24.7. The predicted molar refractivity (Wildman–Crippen MR) is 139 cm³/mol. The minimum absolute atomic E-state index is 0.200. The van der Waals surface area contributed by atoms with Crippen molar-refractivity contribution >= 4 is 34.3 Å². The first-order chi connectivity index (χ1) is 16.8. The van der Waals surface area contributed by atoms with Crippen molar-refractivity contribution < 1.29 is 14.3 Å². The number of esters is 1. The highest BCUT2D eigenvalue weighted by Gasteiger charge is 2.28. The van der Waals surface area contributed by atoms with Gasteiger partial charge in [0, 0.05) is 29.4 Å². The summed E-state index contributed by atoms with van der Waals surface area (Å²) in [6.45, 7) is 5.62. The molecule has 0 radical (unpaired) electrons. The van der Waals surface area contributed by atoms with E-state index in [1.807, 2.05) is 55.8 Å². The Bertz CT molecular complexity index is 1510. The third kappa shape index (κ3) is 4.18. The van der Waals surface area contributed by atoms with Crippen molar-refractivity contribution in [3.63, 3.8) is 0 Å². The molecule has 1 aliphatic carbocycles. The maximum atomic E-state index is 13.4. The lowest BCUT2D eigenvalue weighted by Gasteiger charge is -2.12. The average Bonchev–Trinajstić information content (AvgIpc) is 3.37. The Morgan fingerprint density at radius 2 is 1.77 bits per heavy atom. The van der Waals surface area contributed by atoms with E-state index in [-0.39, 0.29) is 12.4 Å². The SMILES string of the molecule is Cc1ccc(C=C2CCc3c2nc2ccccc2c3C(=O)OCC(=O)c2cc(C)n(C)c2C)cc1. The molecule has 0 amide bonds. The van der Waals surface area contributed by atoms with E-state index in [0.29, 0.717) is 17.5 Å². The van der Waals surface area contributed by atoms with E-state index in [2.05, 4.69) is 37.3 Å². The van der Waals surface area contributed by atoms with Crippen LogP contribution in [0.25, 0.3) is 22.6 Å². The number of allylic oxidation sites excluding steroid dienone is 1. The fraction of sp³-hybridized carbons (Fsp3) is 0.233. The summed E-state index contributed by atoms with van der Waals surface area (Å²) in [5, 5.41) is 0.757. The normalized spacial score (nSPS) is 13.9. The number of para-hydroxylation sites is 1. The van der Waals surface area contributed by atoms with Gasteiger partial charge in [-0.15, -0.1) is 0 Å². The molecule has 0 aliphatic heterocycles. The lowest BCUT2D eigenvalue weighted by atomic mass is 10.0. The Labute approximate surface area is 205 Å². The van der Waals surface area contributed by atoms with Gasteiger partial charge in [-0.2, -0.15) is 0 Å². The van der Waals surface area contributed by atoms with E-state index in [4.69, 9.17) is 9.72 Å². The fourth-order valence-electron chi connectivity index (χ4n) is 4.79. The van der Waals surface area contributed by atoms with Crippen molar-refractivity contribution in [1.82, 2.24) is 9.55 Å². The van der Waals surface area contributed by atoms with Gasteiger partial charge in [-0.25, -0.2) is 9.78 Å². The number of rotatable bonds is 5. The second kappa shape index (κ2) is 8.99. The first kappa shape index (κ1) is 22.8. The number of aromatic nitrogens is 2. The number of ketones is 1. The summed E-state index contributed by atoms with van der Waals surface area (Å²) < 4.78 is 7.56. The van der Waals surface area contributed by atoms with Gasteiger partial charge in [-0.3, -0.25) is 4.79 Å². The molecule has 0 spiro atoms. The highest BCUT2D eigenvalue weighted by Crippen LogP contribution is 2.37. The van der Waals surface area contributed by atoms with Gasteiger partial charge < -0.3 is 9.30 Å². The molecule has 0 saturated carbocycles. The van der Waals surface area contributed by atoms with Crippen LogP contribution in [-0.2, 0) is 18.2 Å². The summed E-state index contributed by atoms with van der Waals surface area (Å²) in [5.41, 5.74) is 8.87. The van der Waals surface area contributed by atoms with Gasteiger partial charge in [0.1, 0.15) is 0 Å². The maximum Gasteiger partial charge on any atom is 0.339 e. The van der Waals surface area contributed by atoms with Gasteiger partial charge >= 0.3 is 5.97 Å². The molecular formula is C30H28N2O3. The number of aryl methyl sites for hydroxylation is 2. The topological polar surface area (TPSA) is 61.2 Å². The van der Waals surface area contributed by atoms with E-state index in [1.54, 1.807) is 0 Å². The van der Waals surface area contributed by atoms with Crippen LogP contribution in [0.3, 0.4) is 0 Å². The first-order valence-electron chi connectivity index (χ1n) is 11.9. The molecule has 176 valence electrons. The van der Waals surface area contributed by atoms with Crippen LogP contribution < -0.4 is 0 Å². The average molecular weight is 465 g/mol. The van der Waals surface area contributed by atoms with Crippen LogP contribution in [0.5, 0.6) is 0 Å². The summed E-state index contributed by atoms with van der Waals surface area (Å²) in [4.78, 5) is 31.1. The molecule has 2 aromatic heterocycles. The number of hydrogen-bond donors (Lipinski definition) is 0. The molecule has 0 unspecified atom stereocenters. The Hall–Kier alpha value is -3.99. The molecule has 0 fully saturated rings. The van der Waals surface area contributed by atoms with Crippen LogP contribution in [0.4, 0.5) is 0 Å². The molecule has 5 heteroatoms. The Balaban J connectivity index is 1.49. The van der Waals surface area contributed by atoms with Crippen LogP contribution in [0.2, 0.25) is 0 Å². The number of Topliss-reactive ketones (excluding diaryl/α,β-unsaturated/α-hetero) is 1. The van der Waals surface area contributed by atoms with Gasteiger partial charge in [0.25, 0.3) is 0 Å². The van der Waals surface area contributed by atoms with E-state index in [9.17, 15) is 9.59 Å². The zero-order valence-electron chi connectivity index (χ0n) is 20.5. The summed E-state index contributed by atoms with van der Waals surface area (Å²) in [5.74, 6) is -0.676. The molecule has 1 aliphatic rings. The summed E-state index contributed by atoms with van der Waals surface area (Å²) >= 11 is 0. The third-order valence-electron chi connectivity index (χ3n) is 6.97. The smallest absolute Gasteiger partial charge is 0.339 e. The number of nitrogens with zero attached hydrogens (tertiary/aromatic N) is 2. The second-order valence-corrected chi connectivity index (χ2v) is 9.25. The standard InChI is InChI=1S/C30H28N2O3/c1-18-9-11-21(12-10-18)16-22-13-14-24-28(23-7-5-6-8-26(23)31-29(22)24)30(34)35-17-27(33)25-15-19(2)32(4)20(25)3/h5-12,15-16H,13-14,17H2,1-4H3. The zero-order valence-corrected chi connectivity index (χ0v) is 20.5. The molecule has 5 nitrogen and oxygen atoms in total. The van der Waals surface area contributed by atoms with Gasteiger partial charge in [0.2, 0.25) is 5.78 Å². The van der Waals surface area contributed by atoms with Gasteiger partial charge in [-0.1, -0.05) is 48.0 Å². The Morgan fingerprint density at radius 1 is 1.03 bits per heavy atom. The van der Waals surface area contributed by atoms with Crippen LogP contribution >= 0.6 is 0 Å². The Morgan fingerprint density at radius 3 is 2.49 bits per heavy atom. The van der Waals surface area contributed by atoms with Crippen molar-refractivity contribution in [3.05, 3.63) is 99.5 Å². The molecule has 0 atom stereocenters. The maximum absolute atomic E-state index is 13.4. The van der Waals surface area contributed by atoms with Crippen molar-refractivity contribution in [1.29, 1.82) is 0 Å². The molecular weight excluding hydrogens is 436 g/mol. The monoisotopic (exact) mass is 464 g/mol. The fourth-order valence-corrected chi connectivity index (χ4v) is 4.79. The minimum atomic E-state index is -0.477. The van der Waals surface area contributed by atoms with Crippen LogP contribution in [0.1, 0.15) is 60.9 Å². The summed E-state index contributed by atoms with van der Waals surface area (Å²) in [6.07, 6.45) is 3.65. The van der Waals surface area contributed by atoms with E-state index in [1.165, 1.54) is 5.56 Å².